The highest BCUT2D eigenvalue weighted by atomic mass is 19.4. The molecule has 0 fully saturated rings. The van der Waals surface area contributed by atoms with E-state index in [2.05, 4.69) is 14.7 Å². The third-order valence-corrected chi connectivity index (χ3v) is 1.08. The summed E-state index contributed by atoms with van der Waals surface area (Å²) in [7, 11) is 1.17. The van der Waals surface area contributed by atoms with E-state index in [9.17, 15) is 18.0 Å². The van der Waals surface area contributed by atoms with Gasteiger partial charge in [-0.1, -0.05) is 5.16 Å². The minimum absolute atomic E-state index is 0.126. The van der Waals surface area contributed by atoms with Gasteiger partial charge < -0.3 is 9.57 Å². The minimum Gasteiger partial charge on any atom is -0.469 e. The zero-order valence-corrected chi connectivity index (χ0v) is 7.72. The molecule has 0 saturated carbocycles. The number of carbonyl (C=O) groups is 1. The smallest absolute Gasteiger partial charge is 0.425 e. The fourth-order valence-corrected chi connectivity index (χ4v) is 0.529. The average molecular weight is 213 g/mol. The Labute approximate surface area is 78.7 Å². The van der Waals surface area contributed by atoms with Crippen molar-refractivity contribution in [3.05, 3.63) is 0 Å². The molecule has 0 aliphatic heterocycles. The van der Waals surface area contributed by atoms with Gasteiger partial charge in [-0.25, -0.2) is 0 Å². The quantitative estimate of drug-likeness (QED) is 0.404. The van der Waals surface area contributed by atoms with Crippen LogP contribution in [0.25, 0.3) is 0 Å². The van der Waals surface area contributed by atoms with E-state index in [0.717, 1.165) is 0 Å². The topological polar surface area (TPSA) is 47.9 Å². The van der Waals surface area contributed by atoms with Crippen molar-refractivity contribution >= 4 is 11.7 Å². The highest BCUT2D eigenvalue weighted by Gasteiger charge is 2.28. The zero-order valence-electron chi connectivity index (χ0n) is 7.72. The molecule has 0 rings (SSSR count). The molecule has 0 amide bonds. The fraction of sp³-hybridized carbons (Fsp3) is 0.714. The van der Waals surface area contributed by atoms with Crippen LogP contribution in [0.15, 0.2) is 5.16 Å². The van der Waals surface area contributed by atoms with E-state index >= 15 is 0 Å². The number of hydrogen-bond donors (Lipinski definition) is 0. The van der Waals surface area contributed by atoms with Crippen molar-refractivity contribution in [2.24, 2.45) is 5.16 Å². The van der Waals surface area contributed by atoms with E-state index in [0.29, 0.717) is 0 Å². The summed E-state index contributed by atoms with van der Waals surface area (Å²) < 4.78 is 38.9. The maximum absolute atomic E-state index is 11.5. The number of ether oxygens (including phenoxy) is 1. The lowest BCUT2D eigenvalue weighted by atomic mass is 10.3. The molecule has 4 nitrogen and oxygen atoms in total. The SMILES string of the molecule is COC(=O)C/C(C)=N/OCC(F)(F)F. The van der Waals surface area contributed by atoms with E-state index in [1.54, 1.807) is 0 Å². The first-order chi connectivity index (χ1) is 6.35. The Morgan fingerprint density at radius 1 is 1.43 bits per heavy atom. The molecule has 0 aliphatic rings. The van der Waals surface area contributed by atoms with Gasteiger partial charge >= 0.3 is 12.1 Å². The molecule has 0 aromatic rings. The Hall–Kier alpha value is -1.27. The molecule has 82 valence electrons. The number of hydrogen-bond acceptors (Lipinski definition) is 4. The molecule has 0 atom stereocenters. The summed E-state index contributed by atoms with van der Waals surface area (Å²) in [6.45, 7) is -0.0984. The van der Waals surface area contributed by atoms with Crippen LogP contribution in [0.4, 0.5) is 13.2 Å². The number of nitrogens with zero attached hydrogens (tertiary/aromatic N) is 1. The third-order valence-electron chi connectivity index (χ3n) is 1.08. The standard InChI is InChI=1S/C7H10F3NO3/c1-5(3-6(12)13-2)11-14-4-7(8,9)10/h3-4H2,1-2H3/b11-5+. The predicted octanol–water partition coefficient (Wildman–Crippen LogP) is 1.50. The molecule has 0 aromatic heterocycles. The number of oxime groups is 1. The van der Waals surface area contributed by atoms with Crippen LogP contribution in [0, 0.1) is 0 Å². The van der Waals surface area contributed by atoms with Crippen LogP contribution < -0.4 is 0 Å². The van der Waals surface area contributed by atoms with Gasteiger partial charge in [0.15, 0.2) is 0 Å². The van der Waals surface area contributed by atoms with Gasteiger partial charge in [0.05, 0.1) is 19.2 Å². The van der Waals surface area contributed by atoms with E-state index in [1.807, 2.05) is 0 Å². The van der Waals surface area contributed by atoms with Gasteiger partial charge in [0.2, 0.25) is 6.61 Å². The highest BCUT2D eigenvalue weighted by Crippen LogP contribution is 2.14. The highest BCUT2D eigenvalue weighted by molar-refractivity contribution is 5.97. The summed E-state index contributed by atoms with van der Waals surface area (Å²) >= 11 is 0. The number of halogens is 3. The summed E-state index contributed by atoms with van der Waals surface area (Å²) in [4.78, 5) is 14.6. The second-order valence-electron chi connectivity index (χ2n) is 2.47. The van der Waals surface area contributed by atoms with Crippen LogP contribution in [0.2, 0.25) is 0 Å². The van der Waals surface area contributed by atoms with Gasteiger partial charge in [0.25, 0.3) is 0 Å². The zero-order chi connectivity index (χ0) is 11.2. The van der Waals surface area contributed by atoms with Crippen LogP contribution in [-0.2, 0) is 14.4 Å². The van der Waals surface area contributed by atoms with Crippen LogP contribution in [0.3, 0.4) is 0 Å². The Morgan fingerprint density at radius 3 is 2.43 bits per heavy atom. The number of rotatable bonds is 4. The molecule has 0 spiro atoms. The lowest BCUT2D eigenvalue weighted by molar-refractivity contribution is -0.173. The second kappa shape index (κ2) is 5.46. The van der Waals surface area contributed by atoms with Crippen LogP contribution in [-0.4, -0.2) is 31.6 Å². The van der Waals surface area contributed by atoms with E-state index < -0.39 is 18.8 Å². The predicted molar refractivity (Wildman–Crippen MR) is 41.7 cm³/mol. The van der Waals surface area contributed by atoms with Crippen molar-refractivity contribution in [2.45, 2.75) is 19.5 Å². The molecular formula is C7H10F3NO3. The molecular weight excluding hydrogens is 203 g/mol. The molecule has 0 saturated heterocycles. The van der Waals surface area contributed by atoms with E-state index in [1.165, 1.54) is 14.0 Å². The van der Waals surface area contributed by atoms with Gasteiger partial charge in [-0.05, 0) is 6.92 Å². The minimum atomic E-state index is -4.42. The molecule has 7 heteroatoms. The molecule has 0 heterocycles. The maximum atomic E-state index is 11.5. The van der Waals surface area contributed by atoms with Crippen molar-refractivity contribution < 1.29 is 27.5 Å². The largest absolute Gasteiger partial charge is 0.469 e. The van der Waals surface area contributed by atoms with E-state index in [-0.39, 0.29) is 12.1 Å². The molecule has 0 unspecified atom stereocenters. The molecule has 0 aromatic carbocycles. The molecule has 0 bridgehead atoms. The first-order valence-corrected chi connectivity index (χ1v) is 3.64. The van der Waals surface area contributed by atoms with Gasteiger partial charge in [-0.15, -0.1) is 0 Å². The van der Waals surface area contributed by atoms with Crippen LogP contribution >= 0.6 is 0 Å². The molecule has 0 radical (unpaired) electrons. The Balaban J connectivity index is 3.83. The third kappa shape index (κ3) is 7.38. The lowest BCUT2D eigenvalue weighted by Gasteiger charge is -2.04. The van der Waals surface area contributed by atoms with Crippen molar-refractivity contribution in [3.63, 3.8) is 0 Å². The number of methoxy groups -OCH3 is 1. The monoisotopic (exact) mass is 213 g/mol. The van der Waals surface area contributed by atoms with Crippen LogP contribution in [0.5, 0.6) is 0 Å². The summed E-state index contributed by atoms with van der Waals surface area (Å²) in [5.74, 6) is -0.582. The lowest BCUT2D eigenvalue weighted by Crippen LogP contribution is -2.16. The number of alkyl halides is 3. The van der Waals surface area contributed by atoms with Crippen molar-refractivity contribution in [2.75, 3.05) is 13.7 Å². The van der Waals surface area contributed by atoms with Crippen molar-refractivity contribution in [1.82, 2.24) is 0 Å². The molecule has 0 N–H and O–H groups in total. The van der Waals surface area contributed by atoms with Gasteiger partial charge in [0, 0.05) is 0 Å². The molecule has 0 aliphatic carbocycles. The maximum Gasteiger partial charge on any atom is 0.425 e. The van der Waals surface area contributed by atoms with Gasteiger partial charge in [-0.3, -0.25) is 4.79 Å². The van der Waals surface area contributed by atoms with Gasteiger partial charge in [-0.2, -0.15) is 13.2 Å². The summed E-state index contributed by atoms with van der Waals surface area (Å²) in [5.41, 5.74) is 0.126. The van der Waals surface area contributed by atoms with Crippen LogP contribution in [0.1, 0.15) is 13.3 Å². The Bertz CT molecular complexity index is 225. The first kappa shape index (κ1) is 12.7. The normalized spacial score (nSPS) is 12.5. The number of carbonyl (C=O) groups excluding carboxylic acids is 1. The summed E-state index contributed by atoms with van der Waals surface area (Å²) in [6, 6.07) is 0. The molecule has 14 heavy (non-hydrogen) atoms. The Kier molecular flexibility index (Phi) is 4.96. The average Bonchev–Trinajstić information content (AvgIpc) is 2.01. The number of esters is 1. The van der Waals surface area contributed by atoms with Crippen molar-refractivity contribution in [1.29, 1.82) is 0 Å². The first-order valence-electron chi connectivity index (χ1n) is 3.64. The fourth-order valence-electron chi connectivity index (χ4n) is 0.529. The second-order valence-corrected chi connectivity index (χ2v) is 2.47. The Morgan fingerprint density at radius 2 is 2.00 bits per heavy atom. The van der Waals surface area contributed by atoms with Crippen molar-refractivity contribution in [3.8, 4) is 0 Å². The summed E-state index contributed by atoms with van der Waals surface area (Å²) in [5, 5.41) is 3.09. The van der Waals surface area contributed by atoms with E-state index in [4.69, 9.17) is 0 Å². The summed E-state index contributed by atoms with van der Waals surface area (Å²) in [6.07, 6.45) is -4.61. The van der Waals surface area contributed by atoms with Gasteiger partial charge in [0.1, 0.15) is 0 Å².